The molecule has 0 unspecified atom stereocenters. The van der Waals surface area contributed by atoms with E-state index in [1.807, 2.05) is 0 Å². The molecule has 0 aliphatic carbocycles. The Morgan fingerprint density at radius 2 is 1.84 bits per heavy atom. The maximum atomic E-state index is 13.7. The minimum atomic E-state index is -0.523. The lowest BCUT2D eigenvalue weighted by Gasteiger charge is -2.04. The van der Waals surface area contributed by atoms with E-state index in [4.69, 9.17) is 27.7 Å². The fraction of sp³-hybridized carbons (Fsp3) is 0.118. The third-order valence-corrected chi connectivity index (χ3v) is 3.86. The quantitative estimate of drug-likeness (QED) is 0.726. The zero-order chi connectivity index (χ0) is 17.8. The first kappa shape index (κ1) is 17.4. The van der Waals surface area contributed by atoms with E-state index in [1.54, 1.807) is 24.3 Å². The average molecular weight is 380 g/mol. The van der Waals surface area contributed by atoms with Crippen LogP contribution < -0.4 is 5.32 Å². The molecule has 0 fully saturated rings. The molecule has 3 rings (SSSR count). The predicted octanol–water partition coefficient (Wildman–Crippen LogP) is 4.04. The van der Waals surface area contributed by atoms with E-state index in [0.717, 1.165) is 5.56 Å². The van der Waals surface area contributed by atoms with E-state index < -0.39 is 5.82 Å². The maximum Gasteiger partial charge on any atom is 0.246 e. The van der Waals surface area contributed by atoms with Gasteiger partial charge in [-0.3, -0.25) is 4.79 Å². The van der Waals surface area contributed by atoms with Crippen LogP contribution in [0.2, 0.25) is 10.0 Å². The molecular formula is C17H12Cl2FN3O2. The number of benzene rings is 2. The summed E-state index contributed by atoms with van der Waals surface area (Å²) in [7, 11) is 0. The van der Waals surface area contributed by atoms with Gasteiger partial charge in [-0.05, 0) is 42.0 Å². The van der Waals surface area contributed by atoms with Crippen molar-refractivity contribution in [2.75, 3.05) is 0 Å². The molecule has 1 N–H and O–H groups in total. The molecule has 0 aliphatic rings. The number of carbonyl (C=O) groups is 1. The van der Waals surface area contributed by atoms with Gasteiger partial charge in [0.25, 0.3) is 0 Å². The van der Waals surface area contributed by atoms with Crippen LogP contribution in [0.15, 0.2) is 47.0 Å². The largest absolute Gasteiger partial charge is 0.347 e. The lowest BCUT2D eigenvalue weighted by molar-refractivity contribution is -0.120. The number of nitrogens with zero attached hydrogens (tertiary/aromatic N) is 2. The van der Waals surface area contributed by atoms with Crippen LogP contribution in [0, 0.1) is 5.82 Å². The minimum Gasteiger partial charge on any atom is -0.347 e. The second kappa shape index (κ2) is 7.63. The van der Waals surface area contributed by atoms with Crippen LogP contribution in [-0.2, 0) is 17.8 Å². The van der Waals surface area contributed by atoms with Crippen molar-refractivity contribution >= 4 is 29.1 Å². The standard InChI is InChI=1S/C17H12Cl2FN3O2/c18-12-4-1-10(2-5-12)17-22-16(25-23-17)9-21-15(24)7-11-3-6-13(19)8-14(11)20/h1-6,8H,7,9H2,(H,21,24). The Balaban J connectivity index is 1.58. The molecule has 3 aromatic rings. The first-order valence-corrected chi connectivity index (χ1v) is 8.06. The zero-order valence-electron chi connectivity index (χ0n) is 12.8. The molecule has 1 aromatic heterocycles. The first-order valence-electron chi connectivity index (χ1n) is 7.30. The molecule has 128 valence electrons. The Bertz CT molecular complexity index is 897. The third-order valence-electron chi connectivity index (χ3n) is 3.37. The van der Waals surface area contributed by atoms with Crippen LogP contribution in [0.3, 0.4) is 0 Å². The van der Waals surface area contributed by atoms with Crippen molar-refractivity contribution in [2.45, 2.75) is 13.0 Å². The van der Waals surface area contributed by atoms with Crippen LogP contribution in [-0.4, -0.2) is 16.0 Å². The van der Waals surface area contributed by atoms with Gasteiger partial charge in [0.15, 0.2) is 0 Å². The van der Waals surface area contributed by atoms with Gasteiger partial charge in [0.2, 0.25) is 17.6 Å². The van der Waals surface area contributed by atoms with Crippen LogP contribution in [0.4, 0.5) is 4.39 Å². The van der Waals surface area contributed by atoms with Crippen molar-refractivity contribution < 1.29 is 13.7 Å². The van der Waals surface area contributed by atoms with Crippen molar-refractivity contribution in [3.8, 4) is 11.4 Å². The molecule has 1 amide bonds. The predicted molar refractivity (Wildman–Crippen MR) is 91.7 cm³/mol. The summed E-state index contributed by atoms with van der Waals surface area (Å²) in [6.45, 7) is 0.0502. The van der Waals surface area contributed by atoms with Crippen LogP contribution in [0.25, 0.3) is 11.4 Å². The Labute approximate surface area is 152 Å². The number of carbonyl (C=O) groups excluding carboxylic acids is 1. The van der Waals surface area contributed by atoms with E-state index >= 15 is 0 Å². The van der Waals surface area contributed by atoms with E-state index in [1.165, 1.54) is 18.2 Å². The molecule has 0 bridgehead atoms. The van der Waals surface area contributed by atoms with Gasteiger partial charge in [0.1, 0.15) is 5.82 Å². The third kappa shape index (κ3) is 4.55. The molecule has 1 heterocycles. The number of hydrogen-bond acceptors (Lipinski definition) is 4. The first-order chi connectivity index (χ1) is 12.0. The van der Waals surface area contributed by atoms with Gasteiger partial charge in [0, 0.05) is 15.6 Å². The smallest absolute Gasteiger partial charge is 0.246 e. The van der Waals surface area contributed by atoms with E-state index in [0.29, 0.717) is 10.8 Å². The summed E-state index contributed by atoms with van der Waals surface area (Å²) < 4.78 is 18.8. The van der Waals surface area contributed by atoms with E-state index in [9.17, 15) is 9.18 Å². The molecule has 0 spiro atoms. The Morgan fingerprint density at radius 1 is 1.12 bits per heavy atom. The van der Waals surface area contributed by atoms with Gasteiger partial charge in [-0.2, -0.15) is 4.98 Å². The molecule has 8 heteroatoms. The summed E-state index contributed by atoms with van der Waals surface area (Å²) in [5.41, 5.74) is 1.00. The summed E-state index contributed by atoms with van der Waals surface area (Å²) >= 11 is 11.5. The summed E-state index contributed by atoms with van der Waals surface area (Å²) in [6.07, 6.45) is -0.110. The van der Waals surface area contributed by atoms with Crippen LogP contribution >= 0.6 is 23.2 Å². The van der Waals surface area contributed by atoms with Crippen molar-refractivity contribution in [3.05, 3.63) is 69.8 Å². The van der Waals surface area contributed by atoms with E-state index in [2.05, 4.69) is 15.5 Å². The highest BCUT2D eigenvalue weighted by Crippen LogP contribution is 2.19. The van der Waals surface area contributed by atoms with Gasteiger partial charge < -0.3 is 9.84 Å². The molecule has 0 aliphatic heterocycles. The Morgan fingerprint density at radius 3 is 2.56 bits per heavy atom. The normalized spacial score (nSPS) is 10.7. The molecule has 25 heavy (non-hydrogen) atoms. The molecule has 0 saturated carbocycles. The van der Waals surface area contributed by atoms with Crippen molar-refractivity contribution in [1.29, 1.82) is 0 Å². The SMILES string of the molecule is O=C(Cc1ccc(Cl)cc1F)NCc1nc(-c2ccc(Cl)cc2)no1. The molecule has 0 saturated heterocycles. The second-order valence-corrected chi connectivity index (χ2v) is 6.08. The summed E-state index contributed by atoms with van der Waals surface area (Å²) in [6, 6.07) is 11.1. The van der Waals surface area contributed by atoms with Gasteiger partial charge in [-0.25, -0.2) is 4.39 Å². The topological polar surface area (TPSA) is 68.0 Å². The van der Waals surface area contributed by atoms with E-state index in [-0.39, 0.29) is 35.3 Å². The lowest BCUT2D eigenvalue weighted by atomic mass is 10.1. The number of aromatic nitrogens is 2. The number of nitrogens with one attached hydrogen (secondary N) is 1. The highest BCUT2D eigenvalue weighted by molar-refractivity contribution is 6.30. The van der Waals surface area contributed by atoms with Gasteiger partial charge >= 0.3 is 0 Å². The highest BCUT2D eigenvalue weighted by Gasteiger charge is 2.12. The van der Waals surface area contributed by atoms with Crippen LogP contribution in [0.5, 0.6) is 0 Å². The van der Waals surface area contributed by atoms with Crippen LogP contribution in [0.1, 0.15) is 11.5 Å². The summed E-state index contributed by atoms with van der Waals surface area (Å²) in [5.74, 6) is -0.252. The Kier molecular flexibility index (Phi) is 5.31. The lowest BCUT2D eigenvalue weighted by Crippen LogP contribution is -2.25. The summed E-state index contributed by atoms with van der Waals surface area (Å²) in [4.78, 5) is 16.1. The Hall–Kier alpha value is -2.44. The second-order valence-electron chi connectivity index (χ2n) is 5.21. The monoisotopic (exact) mass is 379 g/mol. The maximum absolute atomic E-state index is 13.7. The minimum absolute atomic E-state index is 0.0502. The number of amides is 1. The summed E-state index contributed by atoms with van der Waals surface area (Å²) in [5, 5.41) is 7.34. The highest BCUT2D eigenvalue weighted by atomic mass is 35.5. The zero-order valence-corrected chi connectivity index (χ0v) is 14.3. The fourth-order valence-electron chi connectivity index (χ4n) is 2.12. The van der Waals surface area contributed by atoms with Crippen molar-refractivity contribution in [3.63, 3.8) is 0 Å². The van der Waals surface area contributed by atoms with Crippen molar-refractivity contribution in [1.82, 2.24) is 15.5 Å². The molecule has 5 nitrogen and oxygen atoms in total. The number of rotatable bonds is 5. The number of halogens is 3. The molecule has 0 atom stereocenters. The van der Waals surface area contributed by atoms with Gasteiger partial charge in [-0.15, -0.1) is 0 Å². The fourth-order valence-corrected chi connectivity index (χ4v) is 2.40. The molecule has 0 radical (unpaired) electrons. The molecular weight excluding hydrogens is 368 g/mol. The van der Waals surface area contributed by atoms with Gasteiger partial charge in [0.05, 0.1) is 13.0 Å². The van der Waals surface area contributed by atoms with Crippen molar-refractivity contribution in [2.24, 2.45) is 0 Å². The average Bonchev–Trinajstić information content (AvgIpc) is 3.05. The molecule has 2 aromatic carbocycles. The number of hydrogen-bond donors (Lipinski definition) is 1. The van der Waals surface area contributed by atoms with Gasteiger partial charge in [-0.1, -0.05) is 34.4 Å².